The Morgan fingerprint density at radius 3 is 2.73 bits per heavy atom. The first-order valence-electron chi connectivity index (χ1n) is 10.2. The summed E-state index contributed by atoms with van der Waals surface area (Å²) in [6.07, 6.45) is 3.67. The van der Waals surface area contributed by atoms with Gasteiger partial charge in [-0.1, -0.05) is 36.4 Å². The van der Waals surface area contributed by atoms with Crippen LogP contribution in [0, 0.1) is 6.92 Å². The van der Waals surface area contributed by atoms with Crippen LogP contribution < -0.4 is 14.9 Å². The molecule has 5 nitrogen and oxygen atoms in total. The number of nitrogens with zero attached hydrogens (tertiary/aromatic N) is 1. The van der Waals surface area contributed by atoms with Gasteiger partial charge in [-0.25, -0.2) is 5.43 Å². The van der Waals surface area contributed by atoms with Crippen molar-refractivity contribution in [3.63, 3.8) is 0 Å². The van der Waals surface area contributed by atoms with E-state index >= 15 is 0 Å². The standard InChI is InChI=1S/C25H28N2O3/c1-4-30-24-15-13-20-8-5-6-10-22(20)23(24)17-26-27-25(28)11-7-9-19-12-14-21(29-3)16-18(19)2/h5-6,8,10,12-17H,4,7,9,11H2,1-3H3,(H,27,28)/b26-17-. The molecule has 0 spiro atoms. The minimum atomic E-state index is -0.101. The van der Waals surface area contributed by atoms with Gasteiger partial charge in [0.25, 0.3) is 0 Å². The van der Waals surface area contributed by atoms with Crippen molar-refractivity contribution >= 4 is 22.9 Å². The van der Waals surface area contributed by atoms with E-state index in [4.69, 9.17) is 9.47 Å². The van der Waals surface area contributed by atoms with Crippen molar-refractivity contribution in [1.82, 2.24) is 5.43 Å². The van der Waals surface area contributed by atoms with Crippen LogP contribution in [0.25, 0.3) is 10.8 Å². The Labute approximate surface area is 177 Å². The van der Waals surface area contributed by atoms with Crippen molar-refractivity contribution < 1.29 is 14.3 Å². The summed E-state index contributed by atoms with van der Waals surface area (Å²) in [5.74, 6) is 1.50. The summed E-state index contributed by atoms with van der Waals surface area (Å²) in [6.45, 7) is 4.57. The largest absolute Gasteiger partial charge is 0.497 e. The highest BCUT2D eigenvalue weighted by Gasteiger charge is 2.07. The lowest BCUT2D eigenvalue weighted by Gasteiger charge is -2.10. The van der Waals surface area contributed by atoms with E-state index in [9.17, 15) is 4.79 Å². The highest BCUT2D eigenvalue weighted by molar-refractivity contribution is 6.02. The molecule has 1 amide bonds. The number of hydrogen-bond acceptors (Lipinski definition) is 4. The third-order valence-corrected chi connectivity index (χ3v) is 5.01. The molecule has 3 rings (SSSR count). The third kappa shape index (κ3) is 5.38. The Hall–Kier alpha value is -3.34. The van der Waals surface area contributed by atoms with Gasteiger partial charge in [-0.2, -0.15) is 5.10 Å². The summed E-state index contributed by atoms with van der Waals surface area (Å²) in [7, 11) is 1.66. The Balaban J connectivity index is 1.59. The van der Waals surface area contributed by atoms with Crippen molar-refractivity contribution in [2.75, 3.05) is 13.7 Å². The van der Waals surface area contributed by atoms with Crippen molar-refractivity contribution in [3.8, 4) is 11.5 Å². The number of benzene rings is 3. The van der Waals surface area contributed by atoms with Gasteiger partial charge in [0.1, 0.15) is 11.5 Å². The predicted molar refractivity (Wildman–Crippen MR) is 122 cm³/mol. The molecule has 0 aliphatic rings. The van der Waals surface area contributed by atoms with Crippen LogP contribution >= 0.6 is 0 Å². The van der Waals surface area contributed by atoms with Crippen LogP contribution in [0.3, 0.4) is 0 Å². The Kier molecular flexibility index (Phi) is 7.44. The van der Waals surface area contributed by atoms with Crippen LogP contribution in [-0.4, -0.2) is 25.8 Å². The molecule has 156 valence electrons. The van der Waals surface area contributed by atoms with Gasteiger partial charge in [0, 0.05) is 12.0 Å². The zero-order chi connectivity index (χ0) is 21.3. The molecule has 0 aromatic heterocycles. The third-order valence-electron chi connectivity index (χ3n) is 5.01. The van der Waals surface area contributed by atoms with E-state index in [0.717, 1.165) is 40.7 Å². The Morgan fingerprint density at radius 2 is 1.97 bits per heavy atom. The number of amides is 1. The lowest BCUT2D eigenvalue weighted by molar-refractivity contribution is -0.121. The van der Waals surface area contributed by atoms with Crippen molar-refractivity contribution in [2.45, 2.75) is 33.1 Å². The van der Waals surface area contributed by atoms with Crippen molar-refractivity contribution in [2.24, 2.45) is 5.10 Å². The van der Waals surface area contributed by atoms with Crippen LogP contribution in [0.1, 0.15) is 36.5 Å². The second-order valence-electron chi connectivity index (χ2n) is 7.07. The van der Waals surface area contributed by atoms with Gasteiger partial charge in [-0.15, -0.1) is 0 Å². The number of hydrogen-bond donors (Lipinski definition) is 1. The summed E-state index contributed by atoms with van der Waals surface area (Å²) >= 11 is 0. The van der Waals surface area contributed by atoms with Gasteiger partial charge in [0.05, 0.1) is 19.9 Å². The van der Waals surface area contributed by atoms with E-state index in [2.05, 4.69) is 23.5 Å². The molecule has 0 fully saturated rings. The minimum Gasteiger partial charge on any atom is -0.497 e. The molecule has 0 atom stereocenters. The maximum Gasteiger partial charge on any atom is 0.240 e. The number of ether oxygens (including phenoxy) is 2. The molecule has 0 radical (unpaired) electrons. The van der Waals surface area contributed by atoms with E-state index in [1.807, 2.05) is 55.5 Å². The maximum atomic E-state index is 12.2. The highest BCUT2D eigenvalue weighted by Crippen LogP contribution is 2.26. The number of fused-ring (bicyclic) bond motifs is 1. The minimum absolute atomic E-state index is 0.101. The molecule has 0 saturated heterocycles. The van der Waals surface area contributed by atoms with E-state index in [0.29, 0.717) is 13.0 Å². The number of aryl methyl sites for hydroxylation is 2. The van der Waals surface area contributed by atoms with Crippen LogP contribution in [0.4, 0.5) is 0 Å². The first kappa shape index (κ1) is 21.4. The summed E-state index contributed by atoms with van der Waals surface area (Å²) in [4.78, 5) is 12.2. The fraction of sp³-hybridized carbons (Fsp3) is 0.280. The maximum absolute atomic E-state index is 12.2. The summed E-state index contributed by atoms with van der Waals surface area (Å²) < 4.78 is 11.0. The first-order valence-corrected chi connectivity index (χ1v) is 10.2. The Bertz CT molecular complexity index is 1040. The number of methoxy groups -OCH3 is 1. The molecule has 1 N–H and O–H groups in total. The molecule has 0 heterocycles. The smallest absolute Gasteiger partial charge is 0.240 e. The zero-order valence-electron chi connectivity index (χ0n) is 17.8. The van der Waals surface area contributed by atoms with E-state index in [-0.39, 0.29) is 5.91 Å². The van der Waals surface area contributed by atoms with Crippen LogP contribution in [0.5, 0.6) is 11.5 Å². The van der Waals surface area contributed by atoms with Gasteiger partial charge in [0.15, 0.2) is 0 Å². The molecular weight excluding hydrogens is 376 g/mol. The molecule has 0 bridgehead atoms. The van der Waals surface area contributed by atoms with Crippen molar-refractivity contribution in [1.29, 1.82) is 0 Å². The fourth-order valence-electron chi connectivity index (χ4n) is 3.43. The molecule has 3 aromatic carbocycles. The lowest BCUT2D eigenvalue weighted by Crippen LogP contribution is -2.17. The van der Waals surface area contributed by atoms with Crippen molar-refractivity contribution in [3.05, 3.63) is 71.3 Å². The van der Waals surface area contributed by atoms with Gasteiger partial charge in [-0.3, -0.25) is 4.79 Å². The van der Waals surface area contributed by atoms with Gasteiger partial charge in [-0.05, 0) is 66.8 Å². The average molecular weight is 405 g/mol. The fourth-order valence-corrected chi connectivity index (χ4v) is 3.43. The number of rotatable bonds is 9. The molecule has 5 heteroatoms. The average Bonchev–Trinajstić information content (AvgIpc) is 2.76. The number of nitrogens with one attached hydrogen (secondary N) is 1. The number of carbonyl (C=O) groups excluding carboxylic acids is 1. The molecule has 0 aliphatic carbocycles. The lowest BCUT2D eigenvalue weighted by atomic mass is 10.0. The van der Waals surface area contributed by atoms with E-state index < -0.39 is 0 Å². The molecule has 0 unspecified atom stereocenters. The summed E-state index contributed by atoms with van der Waals surface area (Å²) in [5, 5.41) is 6.32. The molecule has 3 aromatic rings. The quantitative estimate of drug-likeness (QED) is 0.402. The topological polar surface area (TPSA) is 59.9 Å². The second kappa shape index (κ2) is 10.4. The predicted octanol–water partition coefficient (Wildman–Crippen LogP) is 5.03. The molecule has 0 aliphatic heterocycles. The SMILES string of the molecule is CCOc1ccc2ccccc2c1/C=N\NC(=O)CCCc1ccc(OC)cc1C. The monoisotopic (exact) mass is 404 g/mol. The normalized spacial score (nSPS) is 11.0. The van der Waals surface area contributed by atoms with E-state index in [1.54, 1.807) is 13.3 Å². The first-order chi connectivity index (χ1) is 14.6. The Morgan fingerprint density at radius 1 is 1.13 bits per heavy atom. The second-order valence-corrected chi connectivity index (χ2v) is 7.07. The van der Waals surface area contributed by atoms with Crippen LogP contribution in [-0.2, 0) is 11.2 Å². The van der Waals surface area contributed by atoms with Gasteiger partial charge < -0.3 is 9.47 Å². The molecular formula is C25H28N2O3. The molecule has 0 saturated carbocycles. The number of carbonyl (C=O) groups is 1. The summed E-state index contributed by atoms with van der Waals surface area (Å²) in [5.41, 5.74) is 5.90. The van der Waals surface area contributed by atoms with Gasteiger partial charge in [0.2, 0.25) is 5.91 Å². The number of hydrazone groups is 1. The van der Waals surface area contributed by atoms with Gasteiger partial charge >= 0.3 is 0 Å². The summed E-state index contributed by atoms with van der Waals surface area (Å²) in [6, 6.07) is 18.0. The molecule has 30 heavy (non-hydrogen) atoms. The zero-order valence-corrected chi connectivity index (χ0v) is 17.8. The van der Waals surface area contributed by atoms with Crippen LogP contribution in [0.15, 0.2) is 59.7 Å². The van der Waals surface area contributed by atoms with Crippen LogP contribution in [0.2, 0.25) is 0 Å². The van der Waals surface area contributed by atoms with E-state index in [1.165, 1.54) is 11.1 Å². The highest BCUT2D eigenvalue weighted by atomic mass is 16.5.